The fraction of sp³-hybridized carbons (Fsp3) is 0.163. The molecule has 2 aliphatic heterocycles. The van der Waals surface area contributed by atoms with Crippen LogP contribution in [0.5, 0.6) is 0 Å². The molecular formula is C43H39N3O. The second-order valence-electron chi connectivity index (χ2n) is 11.8. The highest BCUT2D eigenvalue weighted by Gasteiger charge is 2.27. The highest BCUT2D eigenvalue weighted by molar-refractivity contribution is 6.36. The van der Waals surface area contributed by atoms with Crippen molar-refractivity contribution in [3.63, 3.8) is 0 Å². The summed E-state index contributed by atoms with van der Waals surface area (Å²) in [7, 11) is 1.80. The van der Waals surface area contributed by atoms with Crippen LogP contribution in [0.2, 0.25) is 0 Å². The van der Waals surface area contributed by atoms with Crippen molar-refractivity contribution in [2.75, 3.05) is 7.05 Å². The Labute approximate surface area is 278 Å². The van der Waals surface area contributed by atoms with E-state index in [-0.39, 0.29) is 5.91 Å². The summed E-state index contributed by atoms with van der Waals surface area (Å²) >= 11 is 0. The number of carbonyl (C=O) groups is 1. The maximum atomic E-state index is 13.6. The van der Waals surface area contributed by atoms with Crippen molar-refractivity contribution in [1.82, 2.24) is 9.80 Å². The second-order valence-corrected chi connectivity index (χ2v) is 11.8. The molecule has 0 fully saturated rings. The van der Waals surface area contributed by atoms with E-state index in [2.05, 4.69) is 111 Å². The number of hydrogen-bond acceptors (Lipinski definition) is 3. The molecule has 7 rings (SSSR count). The van der Waals surface area contributed by atoms with E-state index in [1.54, 1.807) is 24.2 Å². The molecule has 2 heterocycles. The average Bonchev–Trinajstić information content (AvgIpc) is 3.12. The van der Waals surface area contributed by atoms with Crippen LogP contribution in [0.3, 0.4) is 0 Å². The molecule has 0 aliphatic carbocycles. The lowest BCUT2D eigenvalue weighted by Gasteiger charge is -2.35. The van der Waals surface area contributed by atoms with Gasteiger partial charge in [-0.05, 0) is 96.1 Å². The lowest BCUT2D eigenvalue weighted by atomic mass is 9.83. The van der Waals surface area contributed by atoms with Crippen LogP contribution in [0.4, 0.5) is 0 Å². The predicted octanol–water partition coefficient (Wildman–Crippen LogP) is 10.2. The van der Waals surface area contributed by atoms with Gasteiger partial charge in [0.2, 0.25) is 0 Å². The Morgan fingerprint density at radius 3 is 2.04 bits per heavy atom. The van der Waals surface area contributed by atoms with Crippen LogP contribution < -0.4 is 0 Å². The van der Waals surface area contributed by atoms with Crippen LogP contribution in [0.25, 0.3) is 48.8 Å². The van der Waals surface area contributed by atoms with E-state index in [0.29, 0.717) is 5.56 Å². The minimum atomic E-state index is -0.0292. The van der Waals surface area contributed by atoms with Gasteiger partial charge >= 0.3 is 0 Å². The summed E-state index contributed by atoms with van der Waals surface area (Å²) < 4.78 is 0. The van der Waals surface area contributed by atoms with E-state index in [4.69, 9.17) is 6.42 Å². The van der Waals surface area contributed by atoms with Crippen molar-refractivity contribution in [2.45, 2.75) is 41.2 Å². The van der Waals surface area contributed by atoms with Crippen LogP contribution in [-0.4, -0.2) is 29.0 Å². The monoisotopic (exact) mass is 613 g/mol. The summed E-state index contributed by atoms with van der Waals surface area (Å²) in [5.41, 5.74) is 8.41. The summed E-state index contributed by atoms with van der Waals surface area (Å²) in [6.07, 6.45) is 24.2. The molecule has 5 aromatic rings. The Balaban J connectivity index is 0.000000569. The highest BCUT2D eigenvalue weighted by Crippen LogP contribution is 2.47. The van der Waals surface area contributed by atoms with Gasteiger partial charge in [0.25, 0.3) is 5.91 Å². The van der Waals surface area contributed by atoms with Gasteiger partial charge in [-0.25, -0.2) is 0 Å². The molecule has 0 radical (unpaired) electrons. The Hall–Kier alpha value is -5.84. The van der Waals surface area contributed by atoms with Gasteiger partial charge in [-0.2, -0.15) is 0 Å². The first kappa shape index (κ1) is 32.6. The third-order valence-corrected chi connectivity index (χ3v) is 8.71. The normalized spacial score (nSPS) is 15.2. The second kappa shape index (κ2) is 13.3. The van der Waals surface area contributed by atoms with Gasteiger partial charge in [-0.1, -0.05) is 72.7 Å². The van der Waals surface area contributed by atoms with E-state index >= 15 is 0 Å². The van der Waals surface area contributed by atoms with Crippen LogP contribution in [0, 0.1) is 25.2 Å². The highest BCUT2D eigenvalue weighted by atomic mass is 16.2. The topological polar surface area (TPSA) is 35.9 Å². The number of hydrogen-bond donors (Lipinski definition) is 0. The number of terminal acetylenes is 2. The van der Waals surface area contributed by atoms with E-state index in [1.165, 1.54) is 43.9 Å². The van der Waals surface area contributed by atoms with E-state index in [1.807, 2.05) is 32.2 Å². The largest absolute Gasteiger partial charge is 0.337 e. The SMILES string of the molecule is C#C.C#C/C=C\C.C=C1c2ccc3c4ccc5c6c(ccc(c7ccc(c2c73)CN1C(/C=C\C)=C(C)C)c64)C=N/C(C)=C\N(C)C5=O. The minimum absolute atomic E-state index is 0.0292. The van der Waals surface area contributed by atoms with Gasteiger partial charge < -0.3 is 9.80 Å². The van der Waals surface area contributed by atoms with Crippen molar-refractivity contribution >= 4 is 60.9 Å². The molecular weight excluding hydrogens is 574 g/mol. The number of fused-ring (bicyclic) bond motifs is 2. The molecule has 0 N–H and O–H groups in total. The molecule has 0 bridgehead atoms. The molecule has 0 spiro atoms. The molecule has 0 saturated carbocycles. The fourth-order valence-corrected chi connectivity index (χ4v) is 6.80. The lowest BCUT2D eigenvalue weighted by Crippen LogP contribution is -2.24. The smallest absolute Gasteiger partial charge is 0.258 e. The Kier molecular flexibility index (Phi) is 9.18. The maximum Gasteiger partial charge on any atom is 0.258 e. The van der Waals surface area contributed by atoms with Crippen LogP contribution >= 0.6 is 0 Å². The molecule has 0 saturated heterocycles. The first-order valence-corrected chi connectivity index (χ1v) is 15.6. The number of benzene rings is 5. The average molecular weight is 614 g/mol. The fourth-order valence-electron chi connectivity index (χ4n) is 6.80. The van der Waals surface area contributed by atoms with E-state index in [9.17, 15) is 4.79 Å². The van der Waals surface area contributed by atoms with Gasteiger partial charge in [-0.15, -0.1) is 19.3 Å². The zero-order chi connectivity index (χ0) is 34.0. The van der Waals surface area contributed by atoms with Crippen LogP contribution in [-0.2, 0) is 6.54 Å². The van der Waals surface area contributed by atoms with E-state index in [0.717, 1.165) is 45.0 Å². The molecule has 0 atom stereocenters. The number of allylic oxidation sites excluding steroid dienone is 6. The number of amides is 1. The Bertz CT molecular complexity index is 2270. The predicted molar refractivity (Wildman–Crippen MR) is 202 cm³/mol. The van der Waals surface area contributed by atoms with Crippen LogP contribution in [0.1, 0.15) is 61.7 Å². The maximum absolute atomic E-state index is 13.6. The van der Waals surface area contributed by atoms with Gasteiger partial charge in [0.05, 0.1) is 5.70 Å². The molecule has 5 aromatic carbocycles. The summed E-state index contributed by atoms with van der Waals surface area (Å²) in [6.45, 7) is 15.5. The van der Waals surface area contributed by atoms with E-state index < -0.39 is 0 Å². The lowest BCUT2D eigenvalue weighted by molar-refractivity contribution is 0.0851. The van der Waals surface area contributed by atoms with Gasteiger partial charge in [0.1, 0.15) is 0 Å². The van der Waals surface area contributed by atoms with Crippen molar-refractivity contribution in [3.05, 3.63) is 125 Å². The third kappa shape index (κ3) is 5.39. The Morgan fingerprint density at radius 1 is 0.872 bits per heavy atom. The molecule has 0 unspecified atom stereocenters. The zero-order valence-electron chi connectivity index (χ0n) is 28.0. The van der Waals surface area contributed by atoms with Crippen molar-refractivity contribution < 1.29 is 4.79 Å². The van der Waals surface area contributed by atoms with Gasteiger partial charge in [0, 0.05) is 59.5 Å². The quantitative estimate of drug-likeness (QED) is 0.0860. The van der Waals surface area contributed by atoms with Crippen molar-refractivity contribution in [1.29, 1.82) is 0 Å². The number of aliphatic imine (C=N–C) groups is 1. The van der Waals surface area contributed by atoms with Gasteiger partial charge in [-0.3, -0.25) is 9.79 Å². The molecule has 4 heteroatoms. The first-order chi connectivity index (χ1) is 22.7. The summed E-state index contributed by atoms with van der Waals surface area (Å²) in [6, 6.07) is 17.5. The molecule has 47 heavy (non-hydrogen) atoms. The minimum Gasteiger partial charge on any atom is -0.337 e. The molecule has 2 aliphatic rings. The molecule has 4 nitrogen and oxygen atoms in total. The third-order valence-electron chi connectivity index (χ3n) is 8.71. The van der Waals surface area contributed by atoms with Crippen molar-refractivity contribution in [2.24, 2.45) is 4.99 Å². The van der Waals surface area contributed by atoms with Crippen molar-refractivity contribution in [3.8, 4) is 25.2 Å². The molecule has 0 aromatic heterocycles. The summed E-state index contributed by atoms with van der Waals surface area (Å²) in [5, 5.41) is 9.37. The van der Waals surface area contributed by atoms with Gasteiger partial charge in [0.15, 0.2) is 0 Å². The standard InChI is InChI=1S/C36H31N3O.C5H6.C2H2/c1-7-8-31(20(2)3)39-19-24-10-12-27-26-11-9-23-17-37-21(4)18-38(6)36(40)30-16-15-29(34(26)32(23)30)28-14-13-25(22(39)5)33(24)35(27)28;1-3-5-4-2;1-2/h7-18H,5,19H2,1-4,6H3;1,4-5H,2H3;1-2H/b8-7-,21-18-,37-17?;5-4-;. The van der Waals surface area contributed by atoms with Crippen LogP contribution in [0.15, 0.2) is 108 Å². The zero-order valence-corrected chi connectivity index (χ0v) is 28.0. The molecule has 232 valence electrons. The molecule has 1 amide bonds. The first-order valence-electron chi connectivity index (χ1n) is 15.6. The number of nitrogens with zero attached hydrogens (tertiary/aromatic N) is 3. The Morgan fingerprint density at radius 2 is 1.47 bits per heavy atom. The summed E-state index contributed by atoms with van der Waals surface area (Å²) in [4.78, 5) is 22.2. The number of carbonyl (C=O) groups excluding carboxylic acids is 1. The summed E-state index contributed by atoms with van der Waals surface area (Å²) in [5.74, 6) is 2.31. The number of rotatable bonds is 2.